The smallest absolute Gasteiger partial charge is 0.306 e. The topological polar surface area (TPSA) is 54.9 Å². The van der Waals surface area contributed by atoms with Crippen molar-refractivity contribution in [2.45, 2.75) is 18.4 Å². The van der Waals surface area contributed by atoms with Gasteiger partial charge in [-0.15, -0.1) is 23.1 Å². The van der Waals surface area contributed by atoms with E-state index in [-0.39, 0.29) is 11.2 Å². The van der Waals surface area contributed by atoms with Crippen molar-refractivity contribution in [3.05, 3.63) is 61.1 Å². The fourth-order valence-electron chi connectivity index (χ4n) is 2.13. The van der Waals surface area contributed by atoms with E-state index < -0.39 is 0 Å². The number of nitrogens with zero attached hydrogens (tertiary/aromatic N) is 1. The van der Waals surface area contributed by atoms with E-state index in [1.54, 1.807) is 11.8 Å². The number of benzene rings is 1. The van der Waals surface area contributed by atoms with Crippen LogP contribution < -0.4 is 11.2 Å². The zero-order valence-corrected chi connectivity index (χ0v) is 14.1. The summed E-state index contributed by atoms with van der Waals surface area (Å²) in [6.07, 6.45) is 0. The minimum atomic E-state index is -0.351. The first-order valence-corrected chi connectivity index (χ1v) is 8.90. The third-order valence-corrected chi connectivity index (χ3v) is 5.62. The summed E-state index contributed by atoms with van der Waals surface area (Å²) in [6.45, 7) is 2.25. The first kappa shape index (κ1) is 15.4. The molecule has 7 heteroatoms. The monoisotopic (exact) mass is 352 g/mol. The predicted molar refractivity (Wildman–Crippen MR) is 93.6 cm³/mol. The minimum absolute atomic E-state index is 0.214. The van der Waals surface area contributed by atoms with Gasteiger partial charge in [0, 0.05) is 22.2 Å². The van der Waals surface area contributed by atoms with Gasteiger partial charge in [0.1, 0.15) is 4.70 Å². The first-order valence-electron chi connectivity index (χ1n) is 6.65. The van der Waals surface area contributed by atoms with Crippen LogP contribution in [0.5, 0.6) is 0 Å². The van der Waals surface area contributed by atoms with Crippen LogP contribution in [0.1, 0.15) is 5.56 Å². The summed E-state index contributed by atoms with van der Waals surface area (Å²) in [6, 6.07) is 7.49. The lowest BCUT2D eigenvalue weighted by molar-refractivity contribution is 0.692. The molecule has 0 unspecified atom stereocenters. The lowest BCUT2D eigenvalue weighted by atomic mass is 10.3. The molecule has 22 heavy (non-hydrogen) atoms. The van der Waals surface area contributed by atoms with Gasteiger partial charge in [0.25, 0.3) is 5.56 Å². The molecule has 0 saturated carbocycles. The highest BCUT2D eigenvalue weighted by molar-refractivity contribution is 7.99. The van der Waals surface area contributed by atoms with Crippen molar-refractivity contribution in [1.82, 2.24) is 9.55 Å². The van der Waals surface area contributed by atoms with Crippen molar-refractivity contribution in [3.8, 4) is 0 Å². The van der Waals surface area contributed by atoms with Gasteiger partial charge >= 0.3 is 5.69 Å². The summed E-state index contributed by atoms with van der Waals surface area (Å²) in [5.41, 5.74) is 1.02. The second kappa shape index (κ2) is 6.32. The average molecular weight is 353 g/mol. The van der Waals surface area contributed by atoms with Gasteiger partial charge in [-0.3, -0.25) is 9.36 Å². The molecule has 4 nitrogen and oxygen atoms in total. The number of halogens is 1. The van der Waals surface area contributed by atoms with Gasteiger partial charge in [-0.25, -0.2) is 4.79 Å². The Morgan fingerprint density at radius 2 is 2.00 bits per heavy atom. The highest BCUT2D eigenvalue weighted by Crippen LogP contribution is 2.21. The number of nitrogens with one attached hydrogen (secondary N) is 1. The highest BCUT2D eigenvalue weighted by Gasteiger charge is 2.10. The molecule has 0 aliphatic heterocycles. The molecule has 1 N–H and O–H groups in total. The van der Waals surface area contributed by atoms with Gasteiger partial charge in [0.15, 0.2) is 0 Å². The number of hydrogen-bond acceptors (Lipinski definition) is 4. The molecule has 0 bridgehead atoms. The largest absolute Gasteiger partial charge is 0.328 e. The summed E-state index contributed by atoms with van der Waals surface area (Å²) >= 11 is 8.80. The Morgan fingerprint density at radius 1 is 1.27 bits per heavy atom. The number of hydrogen-bond donors (Lipinski definition) is 1. The van der Waals surface area contributed by atoms with E-state index in [0.29, 0.717) is 27.5 Å². The predicted octanol–water partition coefficient (Wildman–Crippen LogP) is 3.51. The number of thiophene rings is 1. The molecule has 0 atom stereocenters. The molecule has 0 saturated heterocycles. The molecule has 0 spiro atoms. The van der Waals surface area contributed by atoms with Crippen molar-refractivity contribution in [1.29, 1.82) is 0 Å². The van der Waals surface area contributed by atoms with Crippen LogP contribution in [0, 0.1) is 6.92 Å². The zero-order chi connectivity index (χ0) is 15.7. The Hall–Kier alpha value is -1.50. The third-order valence-electron chi connectivity index (χ3n) is 3.29. The molecule has 114 valence electrons. The number of rotatable bonds is 4. The summed E-state index contributed by atoms with van der Waals surface area (Å²) < 4.78 is 1.87. The maximum absolute atomic E-state index is 12.4. The molecule has 1 aromatic carbocycles. The quantitative estimate of drug-likeness (QED) is 0.731. The van der Waals surface area contributed by atoms with Crippen LogP contribution in [0.15, 0.2) is 44.1 Å². The Bertz CT molecular complexity index is 925. The van der Waals surface area contributed by atoms with E-state index in [4.69, 9.17) is 11.6 Å². The number of thioether (sulfide) groups is 1. The maximum atomic E-state index is 12.4. The van der Waals surface area contributed by atoms with E-state index in [9.17, 15) is 9.59 Å². The number of aromatic nitrogens is 2. The van der Waals surface area contributed by atoms with Gasteiger partial charge in [-0.2, -0.15) is 0 Å². The summed E-state index contributed by atoms with van der Waals surface area (Å²) in [5, 5.41) is 2.57. The fraction of sp³-hybridized carbons (Fsp3) is 0.200. The summed E-state index contributed by atoms with van der Waals surface area (Å²) in [5.74, 6) is 0.639. The number of aromatic amines is 1. The molecule has 0 fully saturated rings. The Balaban J connectivity index is 1.81. The van der Waals surface area contributed by atoms with E-state index >= 15 is 0 Å². The van der Waals surface area contributed by atoms with Crippen molar-refractivity contribution < 1.29 is 0 Å². The van der Waals surface area contributed by atoms with Crippen LogP contribution in [0.25, 0.3) is 10.2 Å². The zero-order valence-electron chi connectivity index (χ0n) is 11.8. The molecule has 0 amide bonds. The van der Waals surface area contributed by atoms with Crippen LogP contribution in [0.4, 0.5) is 0 Å². The van der Waals surface area contributed by atoms with Crippen LogP contribution in [-0.2, 0) is 6.54 Å². The summed E-state index contributed by atoms with van der Waals surface area (Å²) in [4.78, 5) is 28.3. The Labute approximate surface area is 139 Å². The lowest BCUT2D eigenvalue weighted by Crippen LogP contribution is -2.35. The van der Waals surface area contributed by atoms with Crippen molar-refractivity contribution in [2.75, 3.05) is 5.75 Å². The molecule has 3 aromatic rings. The molecular weight excluding hydrogens is 340 g/mol. The fourth-order valence-corrected chi connectivity index (χ4v) is 4.05. The van der Waals surface area contributed by atoms with E-state index in [0.717, 1.165) is 10.5 Å². The molecule has 0 aliphatic carbocycles. The molecule has 3 rings (SSSR count). The normalized spacial score (nSPS) is 11.2. The van der Waals surface area contributed by atoms with Gasteiger partial charge in [-0.05, 0) is 42.1 Å². The second-order valence-corrected chi connectivity index (χ2v) is 7.30. The van der Waals surface area contributed by atoms with Crippen LogP contribution in [-0.4, -0.2) is 15.3 Å². The maximum Gasteiger partial charge on any atom is 0.328 e. The molecule has 0 aliphatic rings. The number of aryl methyl sites for hydroxylation is 1. The van der Waals surface area contributed by atoms with E-state index in [1.165, 1.54) is 15.9 Å². The molecular formula is C15H13ClN2O2S2. The average Bonchev–Trinajstić information content (AvgIpc) is 2.86. The number of H-pyrrole nitrogens is 1. The standard InChI is InChI=1S/C15H13ClN2O2S2/c1-9-8-22-13-12(9)17-15(20)18(14(13)19)6-7-21-11-4-2-10(16)3-5-11/h2-5,8H,6-7H2,1H3,(H,17,20). The van der Waals surface area contributed by atoms with Gasteiger partial charge in [0.05, 0.1) is 5.52 Å². The van der Waals surface area contributed by atoms with Crippen molar-refractivity contribution in [2.24, 2.45) is 0 Å². The van der Waals surface area contributed by atoms with E-state index in [2.05, 4.69) is 4.98 Å². The SMILES string of the molecule is Cc1csc2c(=O)n(CCSc3ccc(Cl)cc3)c(=O)[nH]c12. The first-order chi connectivity index (χ1) is 10.6. The molecule has 2 heterocycles. The van der Waals surface area contributed by atoms with Crippen LogP contribution >= 0.6 is 34.7 Å². The van der Waals surface area contributed by atoms with E-state index in [1.807, 2.05) is 36.6 Å². The summed E-state index contributed by atoms with van der Waals surface area (Å²) in [7, 11) is 0. The minimum Gasteiger partial charge on any atom is -0.306 e. The highest BCUT2D eigenvalue weighted by atomic mass is 35.5. The van der Waals surface area contributed by atoms with Crippen LogP contribution in [0.3, 0.4) is 0 Å². The Morgan fingerprint density at radius 3 is 2.73 bits per heavy atom. The molecule has 0 radical (unpaired) electrons. The van der Waals surface area contributed by atoms with Crippen molar-refractivity contribution in [3.63, 3.8) is 0 Å². The van der Waals surface area contributed by atoms with Crippen molar-refractivity contribution >= 4 is 44.9 Å². The van der Waals surface area contributed by atoms with Gasteiger partial charge < -0.3 is 4.98 Å². The third kappa shape index (κ3) is 2.99. The Kier molecular flexibility index (Phi) is 4.42. The second-order valence-electron chi connectivity index (χ2n) is 4.81. The number of fused-ring (bicyclic) bond motifs is 1. The van der Waals surface area contributed by atoms with Gasteiger partial charge in [0.2, 0.25) is 0 Å². The molecule has 2 aromatic heterocycles. The lowest BCUT2D eigenvalue weighted by Gasteiger charge is -2.05. The van der Waals surface area contributed by atoms with Crippen LogP contribution in [0.2, 0.25) is 5.02 Å². The van der Waals surface area contributed by atoms with Gasteiger partial charge in [-0.1, -0.05) is 11.6 Å².